The van der Waals surface area contributed by atoms with Crippen LogP contribution in [0.4, 0.5) is 13.2 Å². The fourth-order valence-corrected chi connectivity index (χ4v) is 2.38. The summed E-state index contributed by atoms with van der Waals surface area (Å²) >= 11 is 0. The molecule has 0 atom stereocenters. The van der Waals surface area contributed by atoms with Gasteiger partial charge in [-0.1, -0.05) is 12.1 Å². The number of alkyl halides is 3. The van der Waals surface area contributed by atoms with Gasteiger partial charge in [-0.15, -0.1) is 0 Å². The summed E-state index contributed by atoms with van der Waals surface area (Å²) in [5, 5.41) is -0.107. The molecule has 0 radical (unpaired) electrons. The number of H-pyrrole nitrogens is 1. The average Bonchev–Trinajstić information content (AvgIpc) is 2.90. The van der Waals surface area contributed by atoms with Gasteiger partial charge >= 0.3 is 6.18 Å². The second-order valence-electron chi connectivity index (χ2n) is 3.94. The lowest BCUT2D eigenvalue weighted by atomic mass is 10.1. The molecule has 1 heterocycles. The maximum absolute atomic E-state index is 12.4. The Bertz CT molecular complexity index is 664. The van der Waals surface area contributed by atoms with Crippen LogP contribution < -0.4 is 4.72 Å². The number of halogens is 3. The quantitative estimate of drug-likeness (QED) is 0.906. The van der Waals surface area contributed by atoms with Crippen molar-refractivity contribution in [1.29, 1.82) is 0 Å². The number of sulfonamides is 1. The fraction of sp³-hybridized carbons (Fsp3) is 0.182. The molecule has 0 aliphatic carbocycles. The molecule has 0 saturated heterocycles. The summed E-state index contributed by atoms with van der Waals surface area (Å²) in [4.78, 5) is 6.01. The van der Waals surface area contributed by atoms with E-state index < -0.39 is 21.8 Å². The zero-order valence-corrected chi connectivity index (χ0v) is 10.8. The van der Waals surface area contributed by atoms with Crippen LogP contribution in [0.25, 0.3) is 0 Å². The van der Waals surface area contributed by atoms with E-state index in [9.17, 15) is 21.6 Å². The molecular weight excluding hydrogens is 295 g/mol. The van der Waals surface area contributed by atoms with Gasteiger partial charge in [0.05, 0.1) is 18.1 Å². The van der Waals surface area contributed by atoms with Crippen molar-refractivity contribution in [3.63, 3.8) is 0 Å². The van der Waals surface area contributed by atoms with E-state index in [0.29, 0.717) is 5.56 Å². The van der Waals surface area contributed by atoms with Crippen LogP contribution in [0.1, 0.15) is 11.1 Å². The highest BCUT2D eigenvalue weighted by atomic mass is 32.2. The Morgan fingerprint density at radius 1 is 1.20 bits per heavy atom. The van der Waals surface area contributed by atoms with Crippen molar-refractivity contribution in [2.45, 2.75) is 17.7 Å². The smallest absolute Gasteiger partial charge is 0.335 e. The van der Waals surface area contributed by atoms with Crippen molar-refractivity contribution < 1.29 is 21.6 Å². The normalized spacial score (nSPS) is 12.6. The van der Waals surface area contributed by atoms with Crippen LogP contribution in [-0.2, 0) is 22.7 Å². The monoisotopic (exact) mass is 305 g/mol. The van der Waals surface area contributed by atoms with Crippen molar-refractivity contribution in [3.05, 3.63) is 47.9 Å². The minimum atomic E-state index is -4.41. The Morgan fingerprint density at radius 2 is 1.85 bits per heavy atom. The first kappa shape index (κ1) is 14.5. The van der Waals surface area contributed by atoms with Crippen LogP contribution in [0.15, 0.2) is 41.8 Å². The van der Waals surface area contributed by atoms with Crippen LogP contribution in [0.3, 0.4) is 0 Å². The number of benzene rings is 1. The zero-order chi connectivity index (χ0) is 14.8. The van der Waals surface area contributed by atoms with Gasteiger partial charge in [0.2, 0.25) is 0 Å². The number of rotatable bonds is 4. The first-order valence-corrected chi connectivity index (χ1v) is 6.91. The number of hydrogen-bond donors (Lipinski definition) is 2. The molecule has 1 aromatic carbocycles. The Kier molecular flexibility index (Phi) is 3.82. The summed E-state index contributed by atoms with van der Waals surface area (Å²) in [6, 6.07) is 4.25. The number of aromatic amines is 1. The summed E-state index contributed by atoms with van der Waals surface area (Å²) in [7, 11) is -3.74. The predicted octanol–water partition coefficient (Wildman–Crippen LogP) is 1.91. The van der Waals surface area contributed by atoms with E-state index in [1.165, 1.54) is 18.5 Å². The molecule has 0 spiro atoms. The maximum atomic E-state index is 12.4. The third-order valence-electron chi connectivity index (χ3n) is 2.51. The van der Waals surface area contributed by atoms with Crippen LogP contribution in [0.5, 0.6) is 0 Å². The molecule has 9 heteroatoms. The Morgan fingerprint density at radius 3 is 2.35 bits per heavy atom. The van der Waals surface area contributed by atoms with Gasteiger partial charge in [-0.2, -0.15) is 13.2 Å². The van der Waals surface area contributed by atoms with Crippen molar-refractivity contribution in [2.75, 3.05) is 0 Å². The van der Waals surface area contributed by atoms with Gasteiger partial charge in [-0.05, 0) is 17.7 Å². The molecule has 20 heavy (non-hydrogen) atoms. The van der Waals surface area contributed by atoms with Crippen molar-refractivity contribution in [2.24, 2.45) is 0 Å². The molecule has 0 fully saturated rings. The van der Waals surface area contributed by atoms with Crippen molar-refractivity contribution in [1.82, 2.24) is 14.7 Å². The van der Waals surface area contributed by atoms with Crippen LogP contribution >= 0.6 is 0 Å². The summed E-state index contributed by atoms with van der Waals surface area (Å²) < 4.78 is 62.8. The molecule has 0 aliphatic rings. The van der Waals surface area contributed by atoms with Gasteiger partial charge in [-0.3, -0.25) is 0 Å². The van der Waals surface area contributed by atoms with Crippen molar-refractivity contribution >= 4 is 10.0 Å². The van der Waals surface area contributed by atoms with Gasteiger partial charge in [0.15, 0.2) is 5.03 Å². The fourth-order valence-electron chi connectivity index (χ4n) is 1.46. The molecule has 0 bridgehead atoms. The largest absolute Gasteiger partial charge is 0.416 e. The van der Waals surface area contributed by atoms with Gasteiger partial charge in [-0.25, -0.2) is 18.1 Å². The van der Waals surface area contributed by atoms with Gasteiger partial charge in [0.1, 0.15) is 0 Å². The van der Waals surface area contributed by atoms with E-state index in [2.05, 4.69) is 14.7 Å². The number of imidazole rings is 1. The molecule has 2 aromatic rings. The van der Waals surface area contributed by atoms with Crippen molar-refractivity contribution in [3.8, 4) is 0 Å². The third-order valence-corrected chi connectivity index (χ3v) is 3.84. The molecular formula is C11H10F3N3O2S. The van der Waals surface area contributed by atoms with Crippen LogP contribution in [0, 0.1) is 0 Å². The molecule has 0 amide bonds. The number of nitrogens with one attached hydrogen (secondary N) is 2. The van der Waals surface area contributed by atoms with Crippen LogP contribution in [0.2, 0.25) is 0 Å². The van der Waals surface area contributed by atoms with E-state index in [1.807, 2.05) is 0 Å². The Hall–Kier alpha value is -1.87. The molecule has 1 aromatic heterocycles. The standard InChI is InChI=1S/C11H10F3N3O2S/c12-11(13,14)9-3-1-8(2-4-9)5-17-20(18,19)10-6-15-7-16-10/h1-4,6-7,17H,5H2,(H,15,16). The summed E-state index contributed by atoms with van der Waals surface area (Å²) in [6.45, 7) is -0.112. The van der Waals surface area contributed by atoms with Gasteiger partial charge < -0.3 is 4.98 Å². The number of nitrogens with zero attached hydrogens (tertiary/aromatic N) is 1. The van der Waals surface area contributed by atoms with E-state index in [1.54, 1.807) is 0 Å². The minimum Gasteiger partial charge on any atom is -0.335 e. The highest BCUT2D eigenvalue weighted by Gasteiger charge is 2.29. The molecule has 2 rings (SSSR count). The SMILES string of the molecule is O=S(=O)(NCc1ccc(C(F)(F)F)cc1)c1cnc[nH]1. The molecule has 0 aliphatic heterocycles. The first-order valence-electron chi connectivity index (χ1n) is 5.43. The molecule has 5 nitrogen and oxygen atoms in total. The van der Waals surface area contributed by atoms with Crippen LogP contribution in [-0.4, -0.2) is 18.4 Å². The summed E-state index contributed by atoms with van der Waals surface area (Å²) in [5.74, 6) is 0. The summed E-state index contributed by atoms with van der Waals surface area (Å²) in [5.41, 5.74) is -0.362. The number of hydrogen-bond acceptors (Lipinski definition) is 3. The second kappa shape index (κ2) is 5.25. The maximum Gasteiger partial charge on any atom is 0.416 e. The first-order chi connectivity index (χ1) is 9.29. The van der Waals surface area contributed by atoms with E-state index >= 15 is 0 Å². The van der Waals surface area contributed by atoms with E-state index in [0.717, 1.165) is 18.3 Å². The lowest BCUT2D eigenvalue weighted by molar-refractivity contribution is -0.137. The minimum absolute atomic E-state index is 0.107. The lowest BCUT2D eigenvalue weighted by Gasteiger charge is -2.08. The zero-order valence-electron chi connectivity index (χ0n) is 9.98. The topological polar surface area (TPSA) is 74.8 Å². The van der Waals surface area contributed by atoms with Gasteiger partial charge in [0, 0.05) is 6.54 Å². The lowest BCUT2D eigenvalue weighted by Crippen LogP contribution is -2.23. The molecule has 2 N–H and O–H groups in total. The highest BCUT2D eigenvalue weighted by molar-refractivity contribution is 7.89. The van der Waals surface area contributed by atoms with E-state index in [4.69, 9.17) is 0 Å². The molecule has 0 unspecified atom stereocenters. The Balaban J connectivity index is 2.05. The van der Waals surface area contributed by atoms with E-state index in [-0.39, 0.29) is 11.6 Å². The highest BCUT2D eigenvalue weighted by Crippen LogP contribution is 2.29. The van der Waals surface area contributed by atoms with Gasteiger partial charge in [0.25, 0.3) is 10.0 Å². The summed E-state index contributed by atoms with van der Waals surface area (Å²) in [6.07, 6.45) is -2.06. The number of aromatic nitrogens is 2. The second-order valence-corrected chi connectivity index (χ2v) is 5.67. The molecule has 0 saturated carbocycles. The predicted molar refractivity (Wildman–Crippen MR) is 64.1 cm³/mol. The molecule has 108 valence electrons. The Labute approximate surface area is 112 Å². The average molecular weight is 305 g/mol. The third kappa shape index (κ3) is 3.36.